The highest BCUT2D eigenvalue weighted by Crippen LogP contribution is 2.10. The molecular weight excluding hydrogens is 360 g/mol. The number of carbonyl (C=O) groups excluding carboxylic acids is 1. The van der Waals surface area contributed by atoms with Crippen molar-refractivity contribution in [2.75, 3.05) is 11.9 Å². The van der Waals surface area contributed by atoms with Crippen LogP contribution in [0, 0.1) is 6.92 Å². The Morgan fingerprint density at radius 3 is 2.33 bits per heavy atom. The second-order valence-electron chi connectivity index (χ2n) is 6.26. The summed E-state index contributed by atoms with van der Waals surface area (Å²) in [6, 6.07) is 15.8. The average Bonchev–Trinajstić information content (AvgIpc) is 2.69. The summed E-state index contributed by atoms with van der Waals surface area (Å²) in [7, 11) is 0. The Hall–Kier alpha value is -2.92. The van der Waals surface area contributed by atoms with Gasteiger partial charge in [-0.05, 0) is 36.6 Å². The van der Waals surface area contributed by atoms with Crippen molar-refractivity contribution in [3.8, 4) is 0 Å². The Morgan fingerprint density at radius 1 is 0.963 bits per heavy atom. The smallest absolute Gasteiger partial charge is 0.271 e. The number of halogens is 1. The Bertz CT molecular complexity index is 878. The summed E-state index contributed by atoms with van der Waals surface area (Å²) < 4.78 is 0. The molecule has 5 nitrogen and oxygen atoms in total. The van der Waals surface area contributed by atoms with E-state index in [1.54, 1.807) is 6.20 Å². The van der Waals surface area contributed by atoms with E-state index in [9.17, 15) is 4.79 Å². The van der Waals surface area contributed by atoms with E-state index in [0.29, 0.717) is 29.6 Å². The molecule has 1 heterocycles. The molecule has 0 aliphatic carbocycles. The molecule has 0 unspecified atom stereocenters. The van der Waals surface area contributed by atoms with Gasteiger partial charge in [0.2, 0.25) is 0 Å². The first-order chi connectivity index (χ1) is 13.1. The normalized spacial score (nSPS) is 10.4. The highest BCUT2D eigenvalue weighted by atomic mass is 35.5. The quantitative estimate of drug-likeness (QED) is 0.649. The zero-order valence-corrected chi connectivity index (χ0v) is 15.8. The summed E-state index contributed by atoms with van der Waals surface area (Å²) in [5.74, 6) is 0.398. The monoisotopic (exact) mass is 380 g/mol. The number of rotatable bonds is 7. The van der Waals surface area contributed by atoms with Crippen LogP contribution in [0.1, 0.15) is 27.2 Å². The van der Waals surface area contributed by atoms with E-state index in [1.807, 2.05) is 24.3 Å². The third kappa shape index (κ3) is 5.79. The fraction of sp³-hybridized carbons (Fsp3) is 0.190. The lowest BCUT2D eigenvalue weighted by Crippen LogP contribution is -2.26. The number of aromatic nitrogens is 2. The Morgan fingerprint density at radius 2 is 1.67 bits per heavy atom. The molecule has 0 spiro atoms. The number of hydrogen-bond donors (Lipinski definition) is 2. The van der Waals surface area contributed by atoms with Crippen molar-refractivity contribution in [1.82, 2.24) is 15.3 Å². The predicted molar refractivity (Wildman–Crippen MR) is 108 cm³/mol. The van der Waals surface area contributed by atoms with Gasteiger partial charge in [-0.25, -0.2) is 9.97 Å². The molecule has 6 heteroatoms. The Kier molecular flexibility index (Phi) is 6.39. The van der Waals surface area contributed by atoms with Crippen molar-refractivity contribution < 1.29 is 4.79 Å². The molecule has 0 fully saturated rings. The molecule has 0 atom stereocenters. The first kappa shape index (κ1) is 18.9. The topological polar surface area (TPSA) is 66.9 Å². The van der Waals surface area contributed by atoms with Gasteiger partial charge in [0.25, 0.3) is 5.91 Å². The van der Waals surface area contributed by atoms with Gasteiger partial charge in [0, 0.05) is 18.1 Å². The highest BCUT2D eigenvalue weighted by Gasteiger charge is 2.07. The third-order valence-electron chi connectivity index (χ3n) is 4.09. The first-order valence-corrected chi connectivity index (χ1v) is 9.12. The number of carbonyl (C=O) groups is 1. The van der Waals surface area contributed by atoms with Crippen LogP contribution in [0.15, 0.2) is 60.9 Å². The lowest BCUT2D eigenvalue weighted by molar-refractivity contribution is 0.0949. The molecule has 1 aromatic heterocycles. The standard InChI is InChI=1S/C21H21ClN4O/c1-15-2-4-17(5-3-15)12-25-20-14-24-19(13-26-20)21(27)23-11-10-16-6-8-18(22)9-7-16/h2-9,13-14H,10-12H2,1H3,(H,23,27)(H,25,26). The van der Waals surface area contributed by atoms with E-state index in [2.05, 4.69) is 51.8 Å². The van der Waals surface area contributed by atoms with Crippen LogP contribution in [-0.4, -0.2) is 22.4 Å². The van der Waals surface area contributed by atoms with E-state index in [1.165, 1.54) is 11.8 Å². The molecule has 27 heavy (non-hydrogen) atoms. The molecule has 0 saturated carbocycles. The number of benzene rings is 2. The van der Waals surface area contributed by atoms with Gasteiger partial charge in [0.15, 0.2) is 0 Å². The minimum atomic E-state index is -0.235. The predicted octanol–water partition coefficient (Wildman–Crippen LogP) is 4.02. The van der Waals surface area contributed by atoms with Crippen molar-refractivity contribution in [1.29, 1.82) is 0 Å². The minimum Gasteiger partial charge on any atom is -0.365 e. The minimum absolute atomic E-state index is 0.235. The fourth-order valence-electron chi connectivity index (χ4n) is 2.50. The molecule has 3 aromatic rings. The molecule has 2 N–H and O–H groups in total. The van der Waals surface area contributed by atoms with Crippen LogP contribution in [0.2, 0.25) is 5.02 Å². The van der Waals surface area contributed by atoms with Gasteiger partial charge in [-0.15, -0.1) is 0 Å². The zero-order valence-electron chi connectivity index (χ0n) is 15.1. The van der Waals surface area contributed by atoms with E-state index in [-0.39, 0.29) is 5.91 Å². The molecule has 1 amide bonds. The number of amides is 1. The summed E-state index contributed by atoms with van der Waals surface area (Å²) >= 11 is 5.86. The molecule has 0 saturated heterocycles. The van der Waals surface area contributed by atoms with Crippen LogP contribution in [0.4, 0.5) is 5.82 Å². The molecule has 3 rings (SSSR count). The second-order valence-corrected chi connectivity index (χ2v) is 6.69. The SMILES string of the molecule is Cc1ccc(CNc2cnc(C(=O)NCCc3ccc(Cl)cc3)cn2)cc1. The number of nitrogens with zero attached hydrogens (tertiary/aromatic N) is 2. The van der Waals surface area contributed by atoms with Gasteiger partial charge in [-0.1, -0.05) is 53.6 Å². The summed E-state index contributed by atoms with van der Waals surface area (Å²) in [4.78, 5) is 20.6. The van der Waals surface area contributed by atoms with Crippen molar-refractivity contribution >= 4 is 23.3 Å². The Labute approximate surface area is 163 Å². The van der Waals surface area contributed by atoms with Gasteiger partial charge in [-0.3, -0.25) is 4.79 Å². The summed E-state index contributed by atoms with van der Waals surface area (Å²) in [5, 5.41) is 6.75. The van der Waals surface area contributed by atoms with E-state index < -0.39 is 0 Å². The lowest BCUT2D eigenvalue weighted by atomic mass is 10.1. The molecule has 0 aliphatic rings. The van der Waals surface area contributed by atoms with Crippen LogP contribution in [-0.2, 0) is 13.0 Å². The first-order valence-electron chi connectivity index (χ1n) is 8.74. The van der Waals surface area contributed by atoms with Gasteiger partial charge >= 0.3 is 0 Å². The molecule has 2 aromatic carbocycles. The summed E-state index contributed by atoms with van der Waals surface area (Å²) in [5.41, 5.74) is 3.80. The largest absolute Gasteiger partial charge is 0.365 e. The summed E-state index contributed by atoms with van der Waals surface area (Å²) in [6.45, 7) is 3.24. The fourth-order valence-corrected chi connectivity index (χ4v) is 2.62. The van der Waals surface area contributed by atoms with E-state index >= 15 is 0 Å². The zero-order chi connectivity index (χ0) is 19.1. The van der Waals surface area contributed by atoms with Crippen molar-refractivity contribution in [2.45, 2.75) is 19.9 Å². The van der Waals surface area contributed by atoms with Crippen molar-refractivity contribution in [2.24, 2.45) is 0 Å². The summed E-state index contributed by atoms with van der Waals surface area (Å²) in [6.07, 6.45) is 3.78. The van der Waals surface area contributed by atoms with E-state index in [4.69, 9.17) is 11.6 Å². The molecule has 0 aliphatic heterocycles. The maximum Gasteiger partial charge on any atom is 0.271 e. The van der Waals surface area contributed by atoms with Gasteiger partial charge in [0.1, 0.15) is 11.5 Å². The van der Waals surface area contributed by atoms with Crippen molar-refractivity contribution in [3.05, 3.63) is 88.3 Å². The second kappa shape index (κ2) is 9.14. The highest BCUT2D eigenvalue weighted by molar-refractivity contribution is 6.30. The average molecular weight is 381 g/mol. The Balaban J connectivity index is 1.46. The maximum atomic E-state index is 12.2. The number of nitrogens with one attached hydrogen (secondary N) is 2. The van der Waals surface area contributed by atoms with Crippen LogP contribution in [0.25, 0.3) is 0 Å². The van der Waals surface area contributed by atoms with Crippen molar-refractivity contribution in [3.63, 3.8) is 0 Å². The molecule has 138 valence electrons. The van der Waals surface area contributed by atoms with Crippen LogP contribution < -0.4 is 10.6 Å². The van der Waals surface area contributed by atoms with Crippen LogP contribution in [0.3, 0.4) is 0 Å². The van der Waals surface area contributed by atoms with Gasteiger partial charge in [-0.2, -0.15) is 0 Å². The van der Waals surface area contributed by atoms with Gasteiger partial charge in [0.05, 0.1) is 12.4 Å². The maximum absolute atomic E-state index is 12.2. The van der Waals surface area contributed by atoms with Crippen LogP contribution >= 0.6 is 11.6 Å². The van der Waals surface area contributed by atoms with Gasteiger partial charge < -0.3 is 10.6 Å². The molecular formula is C21H21ClN4O. The number of hydrogen-bond acceptors (Lipinski definition) is 4. The molecule has 0 bridgehead atoms. The molecule has 0 radical (unpaired) electrons. The lowest BCUT2D eigenvalue weighted by Gasteiger charge is -2.07. The number of anilines is 1. The number of aryl methyl sites for hydroxylation is 1. The van der Waals surface area contributed by atoms with Crippen LogP contribution in [0.5, 0.6) is 0 Å². The van der Waals surface area contributed by atoms with E-state index in [0.717, 1.165) is 17.5 Å². The third-order valence-corrected chi connectivity index (χ3v) is 4.34.